The van der Waals surface area contributed by atoms with E-state index in [1.807, 2.05) is 6.07 Å². The normalized spacial score (nSPS) is 13.7. The van der Waals surface area contributed by atoms with Crippen LogP contribution in [0.4, 0.5) is 11.5 Å². The number of ether oxygens (including phenoxy) is 1. The van der Waals surface area contributed by atoms with E-state index in [2.05, 4.69) is 16.4 Å². The molecule has 0 radical (unpaired) electrons. The molecule has 1 aromatic carbocycles. The number of nitrogen functional groups attached to an aromatic ring is 1. The molecule has 2 heterocycles. The van der Waals surface area contributed by atoms with Crippen LogP contribution in [0, 0.1) is 11.3 Å². The number of nitrogens with zero attached hydrogens (tertiary/aromatic N) is 1. The number of nitrogens with two attached hydrogens (primary N) is 1. The number of fused-ring (bicyclic) bond motifs is 1. The van der Waals surface area contributed by atoms with Crippen LogP contribution >= 0.6 is 0 Å². The van der Waals surface area contributed by atoms with Gasteiger partial charge in [-0.1, -0.05) is 6.07 Å². The van der Waals surface area contributed by atoms with Crippen LogP contribution in [0.3, 0.4) is 0 Å². The standard InChI is InChI=1S/C14H12N4O2/c15-6-9-10(7-17-14(9)16)8-1-2-12-11(5-8)18-13(19)3-4-20-12/h1-2,5,7,17H,3-4,16H2,(H,18,19). The number of amides is 1. The predicted molar refractivity (Wildman–Crippen MR) is 74.1 cm³/mol. The number of anilines is 2. The van der Waals surface area contributed by atoms with Gasteiger partial charge in [-0.15, -0.1) is 0 Å². The fourth-order valence-electron chi connectivity index (χ4n) is 2.17. The van der Waals surface area contributed by atoms with Crippen LogP contribution in [-0.4, -0.2) is 17.5 Å². The quantitative estimate of drug-likeness (QED) is 0.734. The molecule has 1 aromatic heterocycles. The van der Waals surface area contributed by atoms with Crippen molar-refractivity contribution in [2.75, 3.05) is 17.7 Å². The second kappa shape index (κ2) is 4.63. The summed E-state index contributed by atoms with van der Waals surface area (Å²) in [4.78, 5) is 14.4. The smallest absolute Gasteiger partial charge is 0.227 e. The van der Waals surface area contributed by atoms with E-state index in [1.54, 1.807) is 18.3 Å². The molecule has 6 nitrogen and oxygen atoms in total. The van der Waals surface area contributed by atoms with Gasteiger partial charge in [0.2, 0.25) is 5.91 Å². The molecule has 1 aliphatic rings. The molecule has 0 saturated heterocycles. The third kappa shape index (κ3) is 1.95. The highest BCUT2D eigenvalue weighted by Gasteiger charge is 2.16. The highest BCUT2D eigenvalue weighted by atomic mass is 16.5. The molecule has 0 aliphatic carbocycles. The fourth-order valence-corrected chi connectivity index (χ4v) is 2.17. The number of aromatic amines is 1. The Kier molecular flexibility index (Phi) is 2.80. The molecule has 0 saturated carbocycles. The zero-order valence-electron chi connectivity index (χ0n) is 10.6. The SMILES string of the molecule is N#Cc1c(-c2ccc3c(c2)NC(=O)CCO3)c[nH]c1N. The number of hydrogen-bond donors (Lipinski definition) is 3. The van der Waals surface area contributed by atoms with Crippen molar-refractivity contribution in [3.63, 3.8) is 0 Å². The molecule has 0 fully saturated rings. The van der Waals surface area contributed by atoms with E-state index >= 15 is 0 Å². The van der Waals surface area contributed by atoms with Crippen molar-refractivity contribution in [1.29, 1.82) is 5.26 Å². The first-order valence-electron chi connectivity index (χ1n) is 6.13. The number of aromatic nitrogens is 1. The van der Waals surface area contributed by atoms with Gasteiger partial charge in [0.25, 0.3) is 0 Å². The maximum absolute atomic E-state index is 11.6. The van der Waals surface area contributed by atoms with Crippen LogP contribution < -0.4 is 15.8 Å². The first-order chi connectivity index (χ1) is 9.69. The summed E-state index contributed by atoms with van der Waals surface area (Å²) in [6.07, 6.45) is 2.00. The first-order valence-corrected chi connectivity index (χ1v) is 6.13. The summed E-state index contributed by atoms with van der Waals surface area (Å²) in [5.74, 6) is 0.870. The summed E-state index contributed by atoms with van der Waals surface area (Å²) in [6, 6.07) is 7.46. The molecular formula is C14H12N4O2. The number of rotatable bonds is 1. The van der Waals surface area contributed by atoms with Crippen LogP contribution in [0.25, 0.3) is 11.1 Å². The molecule has 20 heavy (non-hydrogen) atoms. The van der Waals surface area contributed by atoms with Gasteiger partial charge in [0.1, 0.15) is 23.2 Å². The topological polar surface area (TPSA) is 104 Å². The first kappa shape index (κ1) is 12.1. The molecule has 0 atom stereocenters. The van der Waals surface area contributed by atoms with Gasteiger partial charge in [-0.2, -0.15) is 5.26 Å². The van der Waals surface area contributed by atoms with E-state index in [9.17, 15) is 4.79 Å². The summed E-state index contributed by atoms with van der Waals surface area (Å²) in [5.41, 5.74) is 8.19. The molecule has 3 rings (SSSR count). The predicted octanol–water partition coefficient (Wildman–Crippen LogP) is 1.86. The Morgan fingerprint density at radius 2 is 2.25 bits per heavy atom. The largest absolute Gasteiger partial charge is 0.491 e. The molecule has 1 aliphatic heterocycles. The maximum Gasteiger partial charge on any atom is 0.227 e. The lowest BCUT2D eigenvalue weighted by molar-refractivity contribution is -0.116. The number of carbonyl (C=O) groups is 1. The third-order valence-corrected chi connectivity index (χ3v) is 3.17. The van der Waals surface area contributed by atoms with E-state index in [-0.39, 0.29) is 5.91 Å². The Bertz CT molecular complexity index is 727. The van der Waals surface area contributed by atoms with E-state index < -0.39 is 0 Å². The van der Waals surface area contributed by atoms with Gasteiger partial charge < -0.3 is 20.8 Å². The molecule has 1 amide bonds. The summed E-state index contributed by atoms with van der Waals surface area (Å²) >= 11 is 0. The van der Waals surface area contributed by atoms with E-state index in [4.69, 9.17) is 15.7 Å². The van der Waals surface area contributed by atoms with Crippen molar-refractivity contribution >= 4 is 17.4 Å². The van der Waals surface area contributed by atoms with Gasteiger partial charge in [0.15, 0.2) is 0 Å². The number of carbonyl (C=O) groups excluding carboxylic acids is 1. The van der Waals surface area contributed by atoms with Crippen LogP contribution in [0.1, 0.15) is 12.0 Å². The second-order valence-electron chi connectivity index (χ2n) is 4.46. The van der Waals surface area contributed by atoms with Gasteiger partial charge in [0.05, 0.1) is 18.7 Å². The molecule has 0 spiro atoms. The minimum absolute atomic E-state index is 0.0880. The van der Waals surface area contributed by atoms with Crippen LogP contribution in [-0.2, 0) is 4.79 Å². The third-order valence-electron chi connectivity index (χ3n) is 3.17. The molecular weight excluding hydrogens is 256 g/mol. The number of benzene rings is 1. The van der Waals surface area contributed by atoms with Crippen molar-refractivity contribution in [2.24, 2.45) is 0 Å². The van der Waals surface area contributed by atoms with Gasteiger partial charge in [-0.3, -0.25) is 4.79 Å². The van der Waals surface area contributed by atoms with Crippen LogP contribution in [0.15, 0.2) is 24.4 Å². The van der Waals surface area contributed by atoms with Gasteiger partial charge >= 0.3 is 0 Å². The summed E-state index contributed by atoms with van der Waals surface area (Å²) in [7, 11) is 0. The lowest BCUT2D eigenvalue weighted by atomic mass is 10.0. The zero-order valence-corrected chi connectivity index (χ0v) is 10.6. The Hall–Kier alpha value is -2.94. The van der Waals surface area contributed by atoms with Crippen molar-refractivity contribution in [3.8, 4) is 22.9 Å². The van der Waals surface area contributed by atoms with E-state index in [0.717, 1.165) is 5.56 Å². The summed E-state index contributed by atoms with van der Waals surface area (Å²) in [5, 5.41) is 11.9. The second-order valence-corrected chi connectivity index (χ2v) is 4.46. The van der Waals surface area contributed by atoms with Crippen LogP contribution in [0.5, 0.6) is 5.75 Å². The number of nitrogens with one attached hydrogen (secondary N) is 2. The Morgan fingerprint density at radius 1 is 1.40 bits per heavy atom. The van der Waals surface area contributed by atoms with Gasteiger partial charge in [-0.05, 0) is 17.7 Å². The van der Waals surface area contributed by atoms with Crippen molar-refractivity contribution < 1.29 is 9.53 Å². The lowest BCUT2D eigenvalue weighted by Gasteiger charge is -2.09. The number of H-pyrrole nitrogens is 1. The average molecular weight is 268 g/mol. The number of nitriles is 1. The van der Waals surface area contributed by atoms with Crippen molar-refractivity contribution in [2.45, 2.75) is 6.42 Å². The van der Waals surface area contributed by atoms with E-state index in [0.29, 0.717) is 41.4 Å². The highest BCUT2D eigenvalue weighted by Crippen LogP contribution is 2.34. The van der Waals surface area contributed by atoms with Gasteiger partial charge in [-0.25, -0.2) is 0 Å². The molecule has 100 valence electrons. The molecule has 0 unspecified atom stereocenters. The summed E-state index contributed by atoms with van der Waals surface area (Å²) in [6.45, 7) is 0.360. The highest BCUT2D eigenvalue weighted by molar-refractivity contribution is 5.94. The minimum Gasteiger partial charge on any atom is -0.491 e. The molecule has 4 N–H and O–H groups in total. The van der Waals surface area contributed by atoms with Crippen molar-refractivity contribution in [1.82, 2.24) is 4.98 Å². The summed E-state index contributed by atoms with van der Waals surface area (Å²) < 4.78 is 5.49. The number of hydrogen-bond acceptors (Lipinski definition) is 4. The fraction of sp³-hybridized carbons (Fsp3) is 0.143. The Labute approximate surface area is 115 Å². The average Bonchev–Trinajstić information content (AvgIpc) is 2.70. The van der Waals surface area contributed by atoms with E-state index in [1.165, 1.54) is 0 Å². The minimum atomic E-state index is -0.0880. The molecule has 0 bridgehead atoms. The molecule has 6 heteroatoms. The van der Waals surface area contributed by atoms with Crippen LogP contribution in [0.2, 0.25) is 0 Å². The Morgan fingerprint density at radius 3 is 3.05 bits per heavy atom. The molecule has 2 aromatic rings. The monoisotopic (exact) mass is 268 g/mol. The lowest BCUT2D eigenvalue weighted by Crippen LogP contribution is -2.10. The Balaban J connectivity index is 2.08. The van der Waals surface area contributed by atoms with Crippen molar-refractivity contribution in [3.05, 3.63) is 30.0 Å². The maximum atomic E-state index is 11.6. The zero-order chi connectivity index (χ0) is 14.1. The van der Waals surface area contributed by atoms with Gasteiger partial charge in [0, 0.05) is 11.8 Å².